The first-order valence-corrected chi connectivity index (χ1v) is 9.01. The molecule has 2 N–H and O–H groups in total. The maximum Gasteiger partial charge on any atom is 0.256 e. The molecule has 27 heavy (non-hydrogen) atoms. The van der Waals surface area contributed by atoms with Gasteiger partial charge in [-0.05, 0) is 31.9 Å². The van der Waals surface area contributed by atoms with E-state index in [-0.39, 0.29) is 5.91 Å². The van der Waals surface area contributed by atoms with Gasteiger partial charge in [0.05, 0.1) is 5.56 Å². The van der Waals surface area contributed by atoms with Crippen molar-refractivity contribution in [3.8, 4) is 0 Å². The number of piperidine rings is 1. The van der Waals surface area contributed by atoms with Crippen molar-refractivity contribution in [3.05, 3.63) is 59.9 Å². The molecule has 1 aliphatic rings. The highest BCUT2D eigenvalue weighted by Gasteiger charge is 2.27. The SMILES string of the molecule is Cc1nc(C2CCN(C(=O)c3cnc(Nc4ccccc4)nc3)CC2)n[nH]1. The van der Waals surface area contributed by atoms with Crippen LogP contribution in [0.15, 0.2) is 42.7 Å². The minimum atomic E-state index is -0.0362. The van der Waals surface area contributed by atoms with Crippen molar-refractivity contribution in [3.63, 3.8) is 0 Å². The lowest BCUT2D eigenvalue weighted by Crippen LogP contribution is -2.38. The first-order valence-electron chi connectivity index (χ1n) is 9.01. The Bertz CT molecular complexity index is 899. The van der Waals surface area contributed by atoms with Gasteiger partial charge in [-0.2, -0.15) is 5.10 Å². The summed E-state index contributed by atoms with van der Waals surface area (Å²) in [4.78, 5) is 27.5. The Kier molecular flexibility index (Phi) is 4.78. The molecule has 0 unspecified atom stereocenters. The Morgan fingerprint density at radius 2 is 1.85 bits per heavy atom. The number of anilines is 2. The molecule has 8 nitrogen and oxygen atoms in total. The van der Waals surface area contributed by atoms with E-state index in [0.717, 1.165) is 30.2 Å². The predicted molar refractivity (Wildman–Crippen MR) is 101 cm³/mol. The summed E-state index contributed by atoms with van der Waals surface area (Å²) >= 11 is 0. The zero-order valence-electron chi connectivity index (χ0n) is 15.1. The minimum Gasteiger partial charge on any atom is -0.339 e. The van der Waals surface area contributed by atoms with Gasteiger partial charge in [0.1, 0.15) is 5.82 Å². The lowest BCUT2D eigenvalue weighted by atomic mass is 9.96. The Balaban J connectivity index is 1.36. The third kappa shape index (κ3) is 3.94. The normalized spacial score (nSPS) is 14.9. The number of benzene rings is 1. The summed E-state index contributed by atoms with van der Waals surface area (Å²) < 4.78 is 0. The Morgan fingerprint density at radius 1 is 1.15 bits per heavy atom. The fourth-order valence-corrected chi connectivity index (χ4v) is 3.22. The summed E-state index contributed by atoms with van der Waals surface area (Å²) in [6.07, 6.45) is 4.87. The number of carbonyl (C=O) groups is 1. The van der Waals surface area contributed by atoms with Crippen LogP contribution in [0.2, 0.25) is 0 Å². The number of aromatic amines is 1. The van der Waals surface area contributed by atoms with Crippen LogP contribution in [-0.2, 0) is 0 Å². The quantitative estimate of drug-likeness (QED) is 0.739. The molecule has 3 aromatic rings. The summed E-state index contributed by atoms with van der Waals surface area (Å²) in [6.45, 7) is 3.26. The molecule has 3 heterocycles. The van der Waals surface area contributed by atoms with Crippen LogP contribution in [0.5, 0.6) is 0 Å². The number of rotatable bonds is 4. The van der Waals surface area contributed by atoms with E-state index in [1.165, 1.54) is 0 Å². The number of likely N-dealkylation sites (tertiary alicyclic amines) is 1. The molecule has 2 aromatic heterocycles. The second kappa shape index (κ2) is 7.53. The van der Waals surface area contributed by atoms with E-state index in [0.29, 0.717) is 30.5 Å². The highest BCUT2D eigenvalue weighted by molar-refractivity contribution is 5.93. The van der Waals surface area contributed by atoms with Crippen LogP contribution >= 0.6 is 0 Å². The number of para-hydroxylation sites is 1. The van der Waals surface area contributed by atoms with Gasteiger partial charge in [-0.1, -0.05) is 18.2 Å². The van der Waals surface area contributed by atoms with Crippen molar-refractivity contribution >= 4 is 17.5 Å². The minimum absolute atomic E-state index is 0.0362. The van der Waals surface area contributed by atoms with Crippen LogP contribution in [-0.4, -0.2) is 49.0 Å². The fraction of sp³-hybridized carbons (Fsp3) is 0.316. The van der Waals surface area contributed by atoms with Crippen molar-refractivity contribution in [2.45, 2.75) is 25.7 Å². The molecular weight excluding hydrogens is 342 g/mol. The van der Waals surface area contributed by atoms with E-state index in [4.69, 9.17) is 0 Å². The second-order valence-corrected chi connectivity index (χ2v) is 6.63. The molecule has 4 rings (SSSR count). The highest BCUT2D eigenvalue weighted by atomic mass is 16.2. The number of hydrogen-bond donors (Lipinski definition) is 2. The molecule has 0 bridgehead atoms. The molecule has 0 radical (unpaired) electrons. The number of hydrogen-bond acceptors (Lipinski definition) is 6. The van der Waals surface area contributed by atoms with Gasteiger partial charge >= 0.3 is 0 Å². The average Bonchev–Trinajstić information content (AvgIpc) is 3.15. The smallest absolute Gasteiger partial charge is 0.256 e. The van der Waals surface area contributed by atoms with Crippen LogP contribution in [0.3, 0.4) is 0 Å². The van der Waals surface area contributed by atoms with E-state index in [1.807, 2.05) is 42.2 Å². The topological polar surface area (TPSA) is 99.7 Å². The number of H-pyrrole nitrogens is 1. The van der Waals surface area contributed by atoms with Gasteiger partial charge in [-0.3, -0.25) is 9.89 Å². The first-order chi connectivity index (χ1) is 13.2. The number of aromatic nitrogens is 5. The summed E-state index contributed by atoms with van der Waals surface area (Å²) in [5.74, 6) is 2.40. The van der Waals surface area contributed by atoms with Gasteiger partial charge in [0.15, 0.2) is 5.82 Å². The monoisotopic (exact) mass is 363 g/mol. The van der Waals surface area contributed by atoms with Gasteiger partial charge in [0, 0.05) is 37.1 Å². The predicted octanol–water partition coefficient (Wildman–Crippen LogP) is 2.67. The number of aryl methyl sites for hydroxylation is 1. The van der Waals surface area contributed by atoms with Crippen molar-refractivity contribution in [2.24, 2.45) is 0 Å². The van der Waals surface area contributed by atoms with Crippen LogP contribution in [0.4, 0.5) is 11.6 Å². The van der Waals surface area contributed by atoms with E-state index >= 15 is 0 Å². The van der Waals surface area contributed by atoms with Crippen molar-refractivity contribution in [2.75, 3.05) is 18.4 Å². The lowest BCUT2D eigenvalue weighted by molar-refractivity contribution is 0.0710. The lowest BCUT2D eigenvalue weighted by Gasteiger charge is -2.30. The highest BCUT2D eigenvalue weighted by Crippen LogP contribution is 2.26. The zero-order chi connectivity index (χ0) is 18.6. The number of nitrogens with one attached hydrogen (secondary N) is 2. The van der Waals surface area contributed by atoms with Crippen molar-refractivity contribution in [1.82, 2.24) is 30.0 Å². The van der Waals surface area contributed by atoms with Gasteiger partial charge in [-0.15, -0.1) is 0 Å². The molecule has 0 spiro atoms. The molecule has 1 aliphatic heterocycles. The Labute approximate surface area is 157 Å². The molecule has 0 aliphatic carbocycles. The van der Waals surface area contributed by atoms with Crippen molar-refractivity contribution < 1.29 is 4.79 Å². The average molecular weight is 363 g/mol. The third-order valence-corrected chi connectivity index (χ3v) is 4.69. The van der Waals surface area contributed by atoms with E-state index < -0.39 is 0 Å². The number of amides is 1. The molecule has 1 fully saturated rings. The standard InChI is InChI=1S/C19H21N7O/c1-13-22-17(25-24-13)14-7-9-26(10-8-14)18(27)15-11-20-19(21-12-15)23-16-5-3-2-4-6-16/h2-6,11-12,14H,7-10H2,1H3,(H,20,21,23)(H,22,24,25). The van der Waals surface area contributed by atoms with E-state index in [1.54, 1.807) is 12.4 Å². The van der Waals surface area contributed by atoms with Gasteiger partial charge in [-0.25, -0.2) is 15.0 Å². The zero-order valence-corrected chi connectivity index (χ0v) is 15.1. The summed E-state index contributed by atoms with van der Waals surface area (Å²) in [6, 6.07) is 9.68. The van der Waals surface area contributed by atoms with Crippen LogP contribution in [0, 0.1) is 6.92 Å². The van der Waals surface area contributed by atoms with E-state index in [2.05, 4.69) is 30.5 Å². The van der Waals surface area contributed by atoms with Gasteiger partial charge < -0.3 is 10.2 Å². The molecule has 0 saturated carbocycles. The Morgan fingerprint density at radius 3 is 2.48 bits per heavy atom. The third-order valence-electron chi connectivity index (χ3n) is 4.69. The summed E-state index contributed by atoms with van der Waals surface area (Å²) in [5.41, 5.74) is 1.40. The molecule has 8 heteroatoms. The molecule has 138 valence electrons. The largest absolute Gasteiger partial charge is 0.339 e. The molecule has 1 aromatic carbocycles. The molecule has 1 saturated heterocycles. The Hall–Kier alpha value is -3.29. The molecule has 1 amide bonds. The summed E-state index contributed by atoms with van der Waals surface area (Å²) in [7, 11) is 0. The first kappa shape index (κ1) is 17.1. The van der Waals surface area contributed by atoms with Crippen LogP contribution in [0.25, 0.3) is 0 Å². The van der Waals surface area contributed by atoms with Crippen LogP contribution < -0.4 is 5.32 Å². The number of nitrogens with zero attached hydrogens (tertiary/aromatic N) is 5. The second-order valence-electron chi connectivity index (χ2n) is 6.63. The fourth-order valence-electron chi connectivity index (χ4n) is 3.22. The van der Waals surface area contributed by atoms with Gasteiger partial charge in [0.25, 0.3) is 5.91 Å². The molecule has 0 atom stereocenters. The maximum atomic E-state index is 12.7. The number of carbonyl (C=O) groups excluding carboxylic acids is 1. The van der Waals surface area contributed by atoms with Gasteiger partial charge in [0.2, 0.25) is 5.95 Å². The van der Waals surface area contributed by atoms with E-state index in [9.17, 15) is 4.79 Å². The summed E-state index contributed by atoms with van der Waals surface area (Å²) in [5, 5.41) is 10.2. The van der Waals surface area contributed by atoms with Crippen LogP contribution in [0.1, 0.15) is 40.8 Å². The maximum absolute atomic E-state index is 12.7. The molecular formula is C19H21N7O. The van der Waals surface area contributed by atoms with Crippen molar-refractivity contribution in [1.29, 1.82) is 0 Å².